The number of aromatic nitrogens is 2. The molecule has 0 bridgehead atoms. The summed E-state index contributed by atoms with van der Waals surface area (Å²) in [7, 11) is 0. The Morgan fingerprint density at radius 2 is 1.73 bits per heavy atom. The highest BCUT2D eigenvalue weighted by Gasteiger charge is 2.40. The molecule has 1 heterocycles. The average Bonchev–Trinajstić information content (AvgIpc) is 3.21. The van der Waals surface area contributed by atoms with Gasteiger partial charge in [-0.25, -0.2) is 9.07 Å². The Balaban J connectivity index is 1.62. The van der Waals surface area contributed by atoms with Crippen LogP contribution in [0.3, 0.4) is 0 Å². The van der Waals surface area contributed by atoms with Crippen LogP contribution < -0.4 is 5.32 Å². The van der Waals surface area contributed by atoms with Crippen molar-refractivity contribution in [2.45, 2.75) is 29.3 Å². The van der Waals surface area contributed by atoms with Crippen molar-refractivity contribution in [1.29, 1.82) is 0 Å². The molecule has 1 amide bonds. The summed E-state index contributed by atoms with van der Waals surface area (Å²) in [6.07, 6.45) is -3.27. The highest BCUT2D eigenvalue weighted by molar-refractivity contribution is 7.99. The van der Waals surface area contributed by atoms with Gasteiger partial charge < -0.3 is 5.32 Å². The van der Waals surface area contributed by atoms with Gasteiger partial charge in [0.15, 0.2) is 0 Å². The third-order valence-corrected chi connectivity index (χ3v) is 6.53. The second-order valence-electron chi connectivity index (χ2n) is 7.46. The number of fused-ring (bicyclic) bond motifs is 1. The monoisotopic (exact) mass is 473 g/mol. The van der Waals surface area contributed by atoms with Gasteiger partial charge in [-0.2, -0.15) is 18.3 Å². The van der Waals surface area contributed by atoms with Gasteiger partial charge in [0.1, 0.15) is 5.82 Å². The number of hydrogen-bond acceptors (Lipinski definition) is 3. The Morgan fingerprint density at radius 1 is 1.03 bits per heavy atom. The summed E-state index contributed by atoms with van der Waals surface area (Å²) in [6, 6.07) is 19.8. The van der Waals surface area contributed by atoms with Crippen molar-refractivity contribution in [1.82, 2.24) is 15.1 Å². The van der Waals surface area contributed by atoms with Crippen LogP contribution in [0.4, 0.5) is 17.6 Å². The van der Waals surface area contributed by atoms with E-state index in [1.165, 1.54) is 23.9 Å². The van der Waals surface area contributed by atoms with Crippen LogP contribution in [0, 0.1) is 5.82 Å². The van der Waals surface area contributed by atoms with E-state index in [2.05, 4.69) is 10.4 Å². The topological polar surface area (TPSA) is 46.9 Å². The molecule has 0 aliphatic rings. The molecule has 1 aromatic heterocycles. The van der Waals surface area contributed by atoms with Gasteiger partial charge in [0.25, 0.3) is 0 Å². The fraction of sp³-hybridized carbons (Fsp3) is 0.167. The van der Waals surface area contributed by atoms with Crippen LogP contribution in [0.15, 0.2) is 83.9 Å². The van der Waals surface area contributed by atoms with E-state index >= 15 is 0 Å². The third kappa shape index (κ3) is 5.19. The fourth-order valence-corrected chi connectivity index (χ4v) is 4.69. The summed E-state index contributed by atoms with van der Waals surface area (Å²) in [5.74, 6) is -2.31. The van der Waals surface area contributed by atoms with E-state index in [1.807, 2.05) is 36.4 Å². The van der Waals surface area contributed by atoms with E-state index in [9.17, 15) is 22.4 Å². The predicted octanol–water partition coefficient (Wildman–Crippen LogP) is 6.07. The first-order valence-electron chi connectivity index (χ1n) is 10.1. The Hall–Kier alpha value is -3.33. The first-order chi connectivity index (χ1) is 15.7. The number of hydrogen-bond donors (Lipinski definition) is 1. The summed E-state index contributed by atoms with van der Waals surface area (Å²) in [6.45, 7) is 1.55. The van der Waals surface area contributed by atoms with Crippen LogP contribution in [-0.2, 0) is 4.79 Å². The molecular formula is C24H19F4N3OS. The normalized spacial score (nSPS) is 13.6. The maximum atomic E-state index is 13.2. The molecule has 0 spiro atoms. The minimum Gasteiger partial charge on any atom is -0.344 e. The second kappa shape index (κ2) is 9.27. The lowest BCUT2D eigenvalue weighted by Crippen LogP contribution is -2.43. The molecule has 0 unspecified atom stereocenters. The van der Waals surface area contributed by atoms with Crippen LogP contribution in [0.1, 0.15) is 17.7 Å². The zero-order valence-electron chi connectivity index (χ0n) is 17.4. The summed E-state index contributed by atoms with van der Waals surface area (Å²) in [5, 5.41) is 6.82. The molecular weight excluding hydrogens is 454 g/mol. The number of thioether (sulfide) groups is 1. The van der Waals surface area contributed by atoms with Crippen molar-refractivity contribution >= 4 is 28.6 Å². The number of nitrogens with one attached hydrogen (secondary N) is 1. The average molecular weight is 473 g/mol. The van der Waals surface area contributed by atoms with Gasteiger partial charge in [-0.1, -0.05) is 30.3 Å². The first kappa shape index (κ1) is 22.8. The standard InChI is InChI=1S/C24H19F4N3OS/c1-15(30-23(32)24(26,27)28)22(16-5-3-2-4-6-16)33-20-11-12-21-17(13-20)14-29-31(21)19-9-7-18(25)8-10-19/h2-15,22H,1H3,(H,30,32)/t15-,22+/m0/s1. The quantitative estimate of drug-likeness (QED) is 0.273. The van der Waals surface area contributed by atoms with E-state index in [4.69, 9.17) is 0 Å². The molecule has 0 aliphatic heterocycles. The zero-order chi connectivity index (χ0) is 23.6. The molecule has 33 heavy (non-hydrogen) atoms. The maximum Gasteiger partial charge on any atom is 0.471 e. The number of rotatable bonds is 6. The Bertz CT molecular complexity index is 1260. The molecule has 4 rings (SSSR count). The number of halogens is 4. The minimum atomic E-state index is -4.95. The lowest BCUT2D eigenvalue weighted by Gasteiger charge is -2.25. The Kier molecular flexibility index (Phi) is 6.42. The van der Waals surface area contributed by atoms with Gasteiger partial charge in [0.2, 0.25) is 0 Å². The molecule has 0 fully saturated rings. The van der Waals surface area contributed by atoms with Crippen molar-refractivity contribution in [3.63, 3.8) is 0 Å². The molecule has 3 aromatic carbocycles. The van der Waals surface area contributed by atoms with Crippen molar-refractivity contribution in [2.24, 2.45) is 0 Å². The molecule has 0 aliphatic carbocycles. The number of nitrogens with zero attached hydrogens (tertiary/aromatic N) is 2. The van der Waals surface area contributed by atoms with E-state index in [0.29, 0.717) is 5.69 Å². The Labute approximate surface area is 191 Å². The van der Waals surface area contributed by atoms with Gasteiger partial charge in [0, 0.05) is 16.3 Å². The molecule has 1 N–H and O–H groups in total. The third-order valence-electron chi connectivity index (χ3n) is 5.07. The minimum absolute atomic E-state index is 0.340. The van der Waals surface area contributed by atoms with Gasteiger partial charge >= 0.3 is 12.1 Å². The highest BCUT2D eigenvalue weighted by Crippen LogP contribution is 2.39. The molecule has 0 saturated heterocycles. The van der Waals surface area contributed by atoms with Gasteiger partial charge in [-0.15, -0.1) is 11.8 Å². The zero-order valence-corrected chi connectivity index (χ0v) is 18.2. The molecule has 4 aromatic rings. The fourth-order valence-electron chi connectivity index (χ4n) is 3.48. The molecule has 0 radical (unpaired) electrons. The number of carbonyl (C=O) groups is 1. The number of carbonyl (C=O) groups excluding carboxylic acids is 1. The summed E-state index contributed by atoms with van der Waals surface area (Å²) < 4.78 is 53.3. The number of benzene rings is 3. The van der Waals surface area contributed by atoms with Crippen LogP contribution in [0.25, 0.3) is 16.6 Å². The lowest BCUT2D eigenvalue weighted by atomic mass is 10.1. The van der Waals surface area contributed by atoms with Crippen LogP contribution in [-0.4, -0.2) is 27.9 Å². The van der Waals surface area contributed by atoms with Gasteiger partial charge in [0.05, 0.1) is 22.7 Å². The van der Waals surface area contributed by atoms with Crippen molar-refractivity contribution < 1.29 is 22.4 Å². The molecule has 0 saturated carbocycles. The van der Waals surface area contributed by atoms with Crippen molar-refractivity contribution in [3.05, 3.63) is 90.4 Å². The van der Waals surface area contributed by atoms with Crippen molar-refractivity contribution in [3.8, 4) is 5.69 Å². The summed E-state index contributed by atoms with van der Waals surface area (Å²) in [5.41, 5.74) is 2.30. The van der Waals surface area contributed by atoms with E-state index in [-0.39, 0.29) is 5.82 Å². The highest BCUT2D eigenvalue weighted by atomic mass is 32.2. The van der Waals surface area contributed by atoms with E-state index < -0.39 is 23.4 Å². The summed E-state index contributed by atoms with van der Waals surface area (Å²) in [4.78, 5) is 12.3. The summed E-state index contributed by atoms with van der Waals surface area (Å²) >= 11 is 1.36. The largest absolute Gasteiger partial charge is 0.471 e. The lowest BCUT2D eigenvalue weighted by molar-refractivity contribution is -0.174. The van der Waals surface area contributed by atoms with Gasteiger partial charge in [-0.05, 0) is 55.0 Å². The Morgan fingerprint density at radius 3 is 2.39 bits per heavy atom. The second-order valence-corrected chi connectivity index (χ2v) is 8.68. The number of alkyl halides is 3. The molecule has 2 atom stereocenters. The van der Waals surface area contributed by atoms with Crippen LogP contribution >= 0.6 is 11.8 Å². The van der Waals surface area contributed by atoms with Crippen LogP contribution in [0.5, 0.6) is 0 Å². The molecule has 4 nitrogen and oxygen atoms in total. The molecule has 9 heteroatoms. The SMILES string of the molecule is C[C@H](NC(=O)C(F)(F)F)[C@@H](Sc1ccc2c(cnn2-c2ccc(F)cc2)c1)c1ccccc1. The van der Waals surface area contributed by atoms with Crippen molar-refractivity contribution in [2.75, 3.05) is 0 Å². The van der Waals surface area contributed by atoms with E-state index in [1.54, 1.807) is 42.1 Å². The molecule has 170 valence electrons. The van der Waals surface area contributed by atoms with Gasteiger partial charge in [-0.3, -0.25) is 4.79 Å². The predicted molar refractivity (Wildman–Crippen MR) is 120 cm³/mol. The maximum absolute atomic E-state index is 13.2. The first-order valence-corrected chi connectivity index (χ1v) is 10.9. The smallest absolute Gasteiger partial charge is 0.344 e. The number of amides is 1. The van der Waals surface area contributed by atoms with E-state index in [0.717, 1.165) is 21.4 Å². The van der Waals surface area contributed by atoms with Crippen LogP contribution in [0.2, 0.25) is 0 Å².